The van der Waals surface area contributed by atoms with E-state index in [0.717, 1.165) is 22.0 Å². The molecule has 0 saturated heterocycles. The van der Waals surface area contributed by atoms with E-state index < -0.39 is 0 Å². The van der Waals surface area contributed by atoms with Crippen LogP contribution in [-0.4, -0.2) is 35.6 Å². The number of carbonyl (C=O) groups excluding carboxylic acids is 1. The molecule has 0 aliphatic rings. The molecular weight excluding hydrogens is 327 g/mol. The summed E-state index contributed by atoms with van der Waals surface area (Å²) in [5, 5.41) is 2.89. The summed E-state index contributed by atoms with van der Waals surface area (Å²) >= 11 is 1.38. The Balaban J connectivity index is 2.13. The van der Waals surface area contributed by atoms with Gasteiger partial charge in [0, 0.05) is 20.1 Å². The summed E-state index contributed by atoms with van der Waals surface area (Å²) in [6.07, 6.45) is 0. The number of nitrogens with one attached hydrogen (secondary N) is 1. The van der Waals surface area contributed by atoms with Crippen molar-refractivity contribution in [3.8, 4) is 5.69 Å². The molecule has 0 radical (unpaired) electrons. The van der Waals surface area contributed by atoms with Gasteiger partial charge in [0.15, 0.2) is 0 Å². The van der Waals surface area contributed by atoms with Gasteiger partial charge in [-0.15, -0.1) is 11.3 Å². The van der Waals surface area contributed by atoms with E-state index in [1.807, 2.05) is 37.4 Å². The normalized spacial score (nSPS) is 11.2. The molecule has 0 unspecified atom stereocenters. The van der Waals surface area contributed by atoms with Crippen molar-refractivity contribution >= 4 is 33.5 Å². The Hall–Kier alpha value is -2.41. The number of hydrogen-bond donors (Lipinski definition) is 1. The molecule has 0 fully saturated rings. The third-order valence-electron chi connectivity index (χ3n) is 3.45. The number of nitrogens with zero attached hydrogens (tertiary/aromatic N) is 3. The Kier molecular flexibility index (Phi) is 4.28. The van der Waals surface area contributed by atoms with Crippen molar-refractivity contribution in [3.05, 3.63) is 41.0 Å². The highest BCUT2D eigenvalue weighted by Crippen LogP contribution is 2.32. The summed E-state index contributed by atoms with van der Waals surface area (Å²) < 4.78 is 15.2. The number of aromatic nitrogens is 2. The number of hydrogen-bond acceptors (Lipinski definition) is 4. The lowest BCUT2D eigenvalue weighted by Crippen LogP contribution is -2.29. The summed E-state index contributed by atoms with van der Waals surface area (Å²) in [6.45, 7) is 3.85. The van der Waals surface area contributed by atoms with Crippen LogP contribution in [0.2, 0.25) is 0 Å². The summed E-state index contributed by atoms with van der Waals surface area (Å²) in [5.41, 5.74) is 1.56. The first-order chi connectivity index (χ1) is 11.4. The molecule has 1 amide bonds. The SMILES string of the molecule is CC(C)NC(=O)c1cc2nc(N(C)C)n(-c3ccc(F)cc3)c2s1. The molecule has 3 rings (SSSR count). The first kappa shape index (κ1) is 16.4. The van der Waals surface area contributed by atoms with Crippen molar-refractivity contribution in [1.29, 1.82) is 0 Å². The van der Waals surface area contributed by atoms with Gasteiger partial charge in [-0.25, -0.2) is 9.37 Å². The molecule has 0 aliphatic heterocycles. The van der Waals surface area contributed by atoms with Crippen LogP contribution in [0.5, 0.6) is 0 Å². The van der Waals surface area contributed by atoms with E-state index in [0.29, 0.717) is 4.88 Å². The fourth-order valence-corrected chi connectivity index (χ4v) is 3.45. The van der Waals surface area contributed by atoms with E-state index in [-0.39, 0.29) is 17.8 Å². The molecule has 0 saturated carbocycles. The molecule has 1 N–H and O–H groups in total. The van der Waals surface area contributed by atoms with Crippen molar-refractivity contribution in [2.24, 2.45) is 0 Å². The Morgan fingerprint density at radius 1 is 1.29 bits per heavy atom. The van der Waals surface area contributed by atoms with Gasteiger partial charge in [0.1, 0.15) is 16.2 Å². The standard InChI is InChI=1S/C17H19FN4OS/c1-10(2)19-15(23)14-9-13-16(24-14)22(17(20-13)21(3)4)12-7-5-11(18)6-8-12/h5-10H,1-4H3,(H,19,23). The van der Waals surface area contributed by atoms with Gasteiger partial charge in [0.25, 0.3) is 5.91 Å². The average molecular weight is 346 g/mol. The lowest BCUT2D eigenvalue weighted by atomic mass is 10.3. The maximum Gasteiger partial charge on any atom is 0.261 e. The highest BCUT2D eigenvalue weighted by molar-refractivity contribution is 7.20. The van der Waals surface area contributed by atoms with Gasteiger partial charge >= 0.3 is 0 Å². The highest BCUT2D eigenvalue weighted by atomic mass is 32.1. The number of thiophene rings is 1. The zero-order chi connectivity index (χ0) is 17.4. The minimum Gasteiger partial charge on any atom is -0.349 e. The molecule has 0 spiro atoms. The number of benzene rings is 1. The topological polar surface area (TPSA) is 50.2 Å². The Morgan fingerprint density at radius 2 is 1.96 bits per heavy atom. The van der Waals surface area contributed by atoms with Crippen molar-refractivity contribution in [3.63, 3.8) is 0 Å². The van der Waals surface area contributed by atoms with Crippen molar-refractivity contribution in [1.82, 2.24) is 14.9 Å². The van der Waals surface area contributed by atoms with Crippen LogP contribution in [-0.2, 0) is 0 Å². The van der Waals surface area contributed by atoms with Crippen LogP contribution >= 0.6 is 11.3 Å². The maximum absolute atomic E-state index is 13.2. The minimum absolute atomic E-state index is 0.0727. The van der Waals surface area contributed by atoms with Gasteiger partial charge < -0.3 is 10.2 Å². The van der Waals surface area contributed by atoms with E-state index >= 15 is 0 Å². The zero-order valence-corrected chi connectivity index (χ0v) is 14.8. The lowest BCUT2D eigenvalue weighted by molar-refractivity contribution is 0.0947. The number of rotatable bonds is 4. The third kappa shape index (κ3) is 2.99. The van der Waals surface area contributed by atoms with E-state index in [1.165, 1.54) is 23.5 Å². The molecule has 0 atom stereocenters. The molecule has 0 aliphatic carbocycles. The molecule has 1 aromatic carbocycles. The third-order valence-corrected chi connectivity index (χ3v) is 4.55. The van der Waals surface area contributed by atoms with Gasteiger partial charge in [-0.3, -0.25) is 9.36 Å². The second-order valence-electron chi connectivity index (χ2n) is 6.05. The highest BCUT2D eigenvalue weighted by Gasteiger charge is 2.20. The van der Waals surface area contributed by atoms with E-state index in [9.17, 15) is 9.18 Å². The molecular formula is C17H19FN4OS. The van der Waals surface area contributed by atoms with Gasteiger partial charge in [0.2, 0.25) is 5.95 Å². The quantitative estimate of drug-likeness (QED) is 0.787. The fourth-order valence-electron chi connectivity index (χ4n) is 2.43. The van der Waals surface area contributed by atoms with Gasteiger partial charge in [0.05, 0.1) is 10.6 Å². The second kappa shape index (κ2) is 6.24. The molecule has 24 heavy (non-hydrogen) atoms. The first-order valence-corrected chi connectivity index (χ1v) is 8.45. The maximum atomic E-state index is 13.2. The number of carbonyl (C=O) groups is 1. The van der Waals surface area contributed by atoms with Crippen LogP contribution < -0.4 is 10.2 Å². The predicted octanol–water partition coefficient (Wildman–Crippen LogP) is 3.43. The van der Waals surface area contributed by atoms with Crippen LogP contribution in [0.1, 0.15) is 23.5 Å². The van der Waals surface area contributed by atoms with Crippen LogP contribution in [0.15, 0.2) is 30.3 Å². The smallest absolute Gasteiger partial charge is 0.261 e. The average Bonchev–Trinajstić information content (AvgIpc) is 3.05. The van der Waals surface area contributed by atoms with Crippen LogP contribution in [0.3, 0.4) is 0 Å². The molecule has 5 nitrogen and oxygen atoms in total. The summed E-state index contributed by atoms with van der Waals surface area (Å²) in [5.74, 6) is 0.341. The van der Waals surface area contributed by atoms with E-state index in [1.54, 1.807) is 18.2 Å². The van der Waals surface area contributed by atoms with Crippen molar-refractivity contribution in [2.45, 2.75) is 19.9 Å². The summed E-state index contributed by atoms with van der Waals surface area (Å²) in [4.78, 5) is 20.2. The number of anilines is 1. The first-order valence-electron chi connectivity index (χ1n) is 7.63. The van der Waals surface area contributed by atoms with Gasteiger partial charge in [-0.2, -0.15) is 0 Å². The number of imidazole rings is 1. The van der Waals surface area contributed by atoms with Gasteiger partial charge in [-0.05, 0) is 44.2 Å². The Morgan fingerprint density at radius 3 is 2.54 bits per heavy atom. The van der Waals surface area contributed by atoms with Crippen molar-refractivity contribution < 1.29 is 9.18 Å². The zero-order valence-electron chi connectivity index (χ0n) is 14.0. The molecule has 2 aromatic heterocycles. The minimum atomic E-state index is -0.287. The lowest BCUT2D eigenvalue weighted by Gasteiger charge is -2.14. The van der Waals surface area contributed by atoms with Crippen LogP contribution in [0, 0.1) is 5.82 Å². The fraction of sp³-hybridized carbons (Fsp3) is 0.294. The second-order valence-corrected chi connectivity index (χ2v) is 7.08. The Labute approximate surface area is 143 Å². The number of amides is 1. The summed E-state index contributed by atoms with van der Waals surface area (Å²) in [6, 6.07) is 8.11. The largest absolute Gasteiger partial charge is 0.349 e. The number of fused-ring (bicyclic) bond motifs is 1. The van der Waals surface area contributed by atoms with Crippen LogP contribution in [0.25, 0.3) is 16.0 Å². The van der Waals surface area contributed by atoms with Gasteiger partial charge in [-0.1, -0.05) is 0 Å². The van der Waals surface area contributed by atoms with E-state index in [4.69, 9.17) is 0 Å². The van der Waals surface area contributed by atoms with E-state index in [2.05, 4.69) is 10.3 Å². The monoisotopic (exact) mass is 346 g/mol. The predicted molar refractivity (Wildman–Crippen MR) is 95.8 cm³/mol. The molecule has 0 bridgehead atoms. The van der Waals surface area contributed by atoms with Crippen LogP contribution in [0.4, 0.5) is 10.3 Å². The molecule has 2 heterocycles. The molecule has 126 valence electrons. The Bertz CT molecular complexity index is 880. The summed E-state index contributed by atoms with van der Waals surface area (Å²) in [7, 11) is 3.80. The molecule has 7 heteroatoms. The van der Waals surface area contributed by atoms with Crippen molar-refractivity contribution in [2.75, 3.05) is 19.0 Å². The molecule has 3 aromatic rings. The number of halogens is 1.